The zero-order valence-electron chi connectivity index (χ0n) is 30.8. The maximum atomic E-state index is 4.05. The Balaban J connectivity index is -0.000000225. The molecule has 0 saturated carbocycles. The molecule has 0 N–H and O–H groups in total. The Labute approximate surface area is 266 Å². The minimum absolute atomic E-state index is 1.01. The molecule has 2 rings (SSSR count). The lowest BCUT2D eigenvalue weighted by Crippen LogP contribution is -1.96. The number of allylic oxidation sites excluding steroid dienone is 6. The first-order valence-electron chi connectivity index (χ1n) is 16.8. The number of benzene rings is 2. The van der Waals surface area contributed by atoms with Crippen molar-refractivity contribution >= 4 is 5.57 Å². The fourth-order valence-electron chi connectivity index (χ4n) is 3.87. The molecule has 0 amide bonds. The second-order valence-corrected chi connectivity index (χ2v) is 10.5. The van der Waals surface area contributed by atoms with E-state index in [0.717, 1.165) is 11.5 Å². The maximum Gasteiger partial charge on any atom is -0.0161 e. The summed E-state index contributed by atoms with van der Waals surface area (Å²) >= 11 is 0. The Morgan fingerprint density at radius 3 is 1.52 bits per heavy atom. The van der Waals surface area contributed by atoms with Gasteiger partial charge in [-0.2, -0.15) is 0 Å². The van der Waals surface area contributed by atoms with Gasteiger partial charge in [0, 0.05) is 0 Å². The van der Waals surface area contributed by atoms with Gasteiger partial charge in [0.05, 0.1) is 0 Å². The topological polar surface area (TPSA) is 0 Å². The quantitative estimate of drug-likeness (QED) is 0.247. The molecule has 0 heterocycles. The fraction of sp³-hybridized carbons (Fsp3) is 0.524. The van der Waals surface area contributed by atoms with Crippen molar-refractivity contribution in [3.63, 3.8) is 0 Å². The van der Waals surface area contributed by atoms with E-state index in [0.29, 0.717) is 0 Å². The molecule has 0 atom stereocenters. The molecule has 0 unspecified atom stereocenters. The van der Waals surface area contributed by atoms with E-state index in [1.54, 1.807) is 0 Å². The Kier molecular flexibility index (Phi) is 38.2. The Morgan fingerprint density at radius 1 is 0.714 bits per heavy atom. The summed E-state index contributed by atoms with van der Waals surface area (Å²) in [6.45, 7) is 37.2. The summed E-state index contributed by atoms with van der Waals surface area (Å²) < 4.78 is 0. The van der Waals surface area contributed by atoms with Gasteiger partial charge in [-0.15, -0.1) is 0 Å². The van der Waals surface area contributed by atoms with Crippen molar-refractivity contribution in [1.29, 1.82) is 0 Å². The summed E-state index contributed by atoms with van der Waals surface area (Å²) in [5, 5.41) is 0. The smallest absolute Gasteiger partial charge is 0.0161 e. The molecule has 0 aliphatic carbocycles. The molecule has 0 fully saturated rings. The molecule has 0 aliphatic rings. The molecule has 0 bridgehead atoms. The average Bonchev–Trinajstić information content (AvgIpc) is 3.00. The largest absolute Gasteiger partial charge is 0.0988 e. The van der Waals surface area contributed by atoms with Crippen molar-refractivity contribution < 1.29 is 0 Å². The highest BCUT2D eigenvalue weighted by Gasteiger charge is 2.01. The van der Waals surface area contributed by atoms with Crippen LogP contribution in [0.1, 0.15) is 145 Å². The van der Waals surface area contributed by atoms with E-state index in [4.69, 9.17) is 0 Å². The van der Waals surface area contributed by atoms with Gasteiger partial charge >= 0.3 is 0 Å². The van der Waals surface area contributed by atoms with Gasteiger partial charge in [0.2, 0.25) is 0 Å². The lowest BCUT2D eigenvalue weighted by atomic mass is 9.96. The summed E-state index contributed by atoms with van der Waals surface area (Å²) in [5.41, 5.74) is 8.97. The van der Waals surface area contributed by atoms with E-state index >= 15 is 0 Å². The number of hydrogen-bond donors (Lipinski definition) is 0. The molecular formula is C42H72. The molecule has 2 aromatic carbocycles. The lowest BCUT2D eigenvalue weighted by molar-refractivity contribution is 0.427. The first-order valence-corrected chi connectivity index (χ1v) is 16.8. The van der Waals surface area contributed by atoms with Gasteiger partial charge in [-0.25, -0.2) is 0 Å². The van der Waals surface area contributed by atoms with Crippen LogP contribution in [0, 0.1) is 12.8 Å². The third kappa shape index (κ3) is 28.9. The van der Waals surface area contributed by atoms with E-state index in [-0.39, 0.29) is 0 Å². The molecule has 42 heavy (non-hydrogen) atoms. The molecule has 2 aromatic rings. The van der Waals surface area contributed by atoms with E-state index in [9.17, 15) is 0 Å². The molecule has 0 aliphatic heterocycles. The van der Waals surface area contributed by atoms with Gasteiger partial charge < -0.3 is 0 Å². The second kappa shape index (κ2) is 34.6. The monoisotopic (exact) mass is 577 g/mol. The van der Waals surface area contributed by atoms with Crippen LogP contribution < -0.4 is 0 Å². The molecule has 0 heteroatoms. The van der Waals surface area contributed by atoms with Crippen LogP contribution in [0.15, 0.2) is 96.6 Å². The van der Waals surface area contributed by atoms with Crippen LogP contribution in [-0.2, 0) is 6.42 Å². The number of hydrogen-bond acceptors (Lipinski definition) is 0. The van der Waals surface area contributed by atoms with Crippen LogP contribution in [0.2, 0.25) is 0 Å². The third-order valence-electron chi connectivity index (χ3n) is 6.40. The predicted molar refractivity (Wildman–Crippen MR) is 201 cm³/mol. The van der Waals surface area contributed by atoms with Gasteiger partial charge in [0.1, 0.15) is 0 Å². The SMILES string of the molecule is C=C(C=C(C)C)c1ccccc1C.C=CC(C)=C(C)C.CC.CC.CCCC(CC)CCC.CCCc1ccccc1. The van der Waals surface area contributed by atoms with Crippen LogP contribution in [-0.4, -0.2) is 0 Å². The van der Waals surface area contributed by atoms with Crippen molar-refractivity contribution in [2.75, 3.05) is 0 Å². The van der Waals surface area contributed by atoms with Crippen molar-refractivity contribution in [2.24, 2.45) is 5.92 Å². The molecule has 0 aromatic heterocycles. The maximum absolute atomic E-state index is 4.05. The van der Waals surface area contributed by atoms with Crippen molar-refractivity contribution in [1.82, 2.24) is 0 Å². The summed E-state index contributed by atoms with van der Waals surface area (Å²) in [6, 6.07) is 18.9. The molecule has 0 nitrogen and oxygen atoms in total. The average molecular weight is 577 g/mol. The van der Waals surface area contributed by atoms with Crippen molar-refractivity contribution in [2.45, 2.75) is 142 Å². The number of aryl methyl sites for hydroxylation is 2. The highest BCUT2D eigenvalue weighted by Crippen LogP contribution is 2.19. The first-order chi connectivity index (χ1) is 20.1. The molecular weight excluding hydrogens is 504 g/mol. The zero-order chi connectivity index (χ0) is 33.3. The third-order valence-corrected chi connectivity index (χ3v) is 6.40. The second-order valence-electron chi connectivity index (χ2n) is 10.5. The van der Waals surface area contributed by atoms with E-state index in [1.807, 2.05) is 39.8 Å². The van der Waals surface area contributed by atoms with Crippen LogP contribution in [0.25, 0.3) is 5.57 Å². The summed E-state index contributed by atoms with van der Waals surface area (Å²) in [6.07, 6.45) is 13.4. The Hall–Kier alpha value is -2.60. The summed E-state index contributed by atoms with van der Waals surface area (Å²) in [5.74, 6) is 1.01. The first kappa shape index (κ1) is 46.4. The van der Waals surface area contributed by atoms with Crippen LogP contribution in [0.5, 0.6) is 0 Å². The molecule has 0 saturated heterocycles. The normalized spacial score (nSPS) is 8.83. The van der Waals surface area contributed by atoms with Gasteiger partial charge in [-0.3, -0.25) is 0 Å². The van der Waals surface area contributed by atoms with Crippen LogP contribution in [0.3, 0.4) is 0 Å². The summed E-state index contributed by atoms with van der Waals surface area (Å²) in [4.78, 5) is 0. The van der Waals surface area contributed by atoms with Gasteiger partial charge in [-0.1, -0.05) is 191 Å². The fourth-order valence-corrected chi connectivity index (χ4v) is 3.87. The summed E-state index contributed by atoms with van der Waals surface area (Å²) in [7, 11) is 0. The minimum Gasteiger partial charge on any atom is -0.0988 e. The van der Waals surface area contributed by atoms with Gasteiger partial charge in [0.15, 0.2) is 0 Å². The Morgan fingerprint density at radius 2 is 1.19 bits per heavy atom. The van der Waals surface area contributed by atoms with E-state index < -0.39 is 0 Å². The molecule has 0 radical (unpaired) electrons. The van der Waals surface area contributed by atoms with Gasteiger partial charge in [-0.05, 0) is 76.1 Å². The highest BCUT2D eigenvalue weighted by atomic mass is 14.1. The van der Waals surface area contributed by atoms with E-state index in [1.165, 1.54) is 78.4 Å². The standard InChI is InChI=1S/C13H16.C9H12.C9H20.C7H12.2C2H6/c1-10(2)9-12(4)13-8-6-5-7-11(13)3;1-2-6-9-7-4-3-5-8-9;1-4-7-9(6-3)8-5-2;1-5-7(4)6(2)3;2*1-2/h5-9H,4H2,1-3H3;3-5,7-8H,2,6H2,1H3;9H,4-8H2,1-3H3;5H,1H2,2-4H3;2*1-2H3. The minimum atomic E-state index is 1.01. The molecule has 0 spiro atoms. The highest BCUT2D eigenvalue weighted by molar-refractivity contribution is 5.74. The zero-order valence-corrected chi connectivity index (χ0v) is 30.8. The molecule has 240 valence electrons. The van der Waals surface area contributed by atoms with Gasteiger partial charge in [0.25, 0.3) is 0 Å². The van der Waals surface area contributed by atoms with Crippen molar-refractivity contribution in [3.05, 3.63) is 113 Å². The Bertz CT molecular complexity index is 910. The predicted octanol–water partition coefficient (Wildman–Crippen LogP) is 14.8. The lowest BCUT2D eigenvalue weighted by Gasteiger charge is -2.10. The van der Waals surface area contributed by atoms with Crippen molar-refractivity contribution in [3.8, 4) is 0 Å². The number of rotatable bonds is 10. The van der Waals surface area contributed by atoms with E-state index in [2.05, 4.69) is 137 Å². The van der Waals surface area contributed by atoms with Crippen LogP contribution >= 0.6 is 0 Å². The van der Waals surface area contributed by atoms with Crippen LogP contribution in [0.4, 0.5) is 0 Å².